The summed E-state index contributed by atoms with van der Waals surface area (Å²) >= 11 is 3.31. The standard InChI is InChI=1S/C17H11BrF3NO2/c18-10-4-1-3-9(7-10)15-12(8-14(23)24)11-5-2-6-13(16(11)22-15)17(19,20)21/h1-7,22H,8H2,(H,23,24). The van der Waals surface area contributed by atoms with Gasteiger partial charge in [-0.15, -0.1) is 0 Å². The Morgan fingerprint density at radius 3 is 2.50 bits per heavy atom. The molecule has 0 bridgehead atoms. The Bertz CT molecular complexity index is 931. The van der Waals surface area contributed by atoms with E-state index in [1.54, 1.807) is 24.3 Å². The van der Waals surface area contributed by atoms with Gasteiger partial charge in [-0.2, -0.15) is 13.2 Å². The molecule has 0 radical (unpaired) electrons. The maximum Gasteiger partial charge on any atom is 0.418 e. The summed E-state index contributed by atoms with van der Waals surface area (Å²) < 4.78 is 40.5. The summed E-state index contributed by atoms with van der Waals surface area (Å²) in [6, 6.07) is 10.7. The Hall–Kier alpha value is -2.28. The van der Waals surface area contributed by atoms with Gasteiger partial charge in [-0.05, 0) is 29.3 Å². The molecule has 0 aliphatic carbocycles. The molecule has 0 amide bonds. The summed E-state index contributed by atoms with van der Waals surface area (Å²) in [7, 11) is 0. The predicted molar refractivity (Wildman–Crippen MR) is 87.8 cm³/mol. The molecule has 124 valence electrons. The van der Waals surface area contributed by atoms with E-state index in [2.05, 4.69) is 20.9 Å². The minimum Gasteiger partial charge on any atom is -0.481 e. The molecular formula is C17H11BrF3NO2. The molecule has 2 aromatic carbocycles. The van der Waals surface area contributed by atoms with E-state index < -0.39 is 17.7 Å². The third-order valence-electron chi connectivity index (χ3n) is 3.69. The molecule has 0 spiro atoms. The minimum atomic E-state index is -4.53. The number of aliphatic carboxylic acids is 1. The minimum absolute atomic E-state index is 0.101. The predicted octanol–water partition coefficient (Wildman–Crippen LogP) is 5.24. The second-order valence-corrected chi connectivity index (χ2v) is 6.20. The van der Waals surface area contributed by atoms with E-state index in [0.29, 0.717) is 16.8 Å². The molecule has 0 unspecified atom stereocenters. The van der Waals surface area contributed by atoms with Gasteiger partial charge >= 0.3 is 12.1 Å². The van der Waals surface area contributed by atoms with Crippen LogP contribution in [0.3, 0.4) is 0 Å². The van der Waals surface area contributed by atoms with Crippen molar-refractivity contribution in [1.29, 1.82) is 0 Å². The molecular weight excluding hydrogens is 387 g/mol. The van der Waals surface area contributed by atoms with Crippen LogP contribution in [-0.4, -0.2) is 16.1 Å². The molecule has 3 rings (SSSR count). The number of hydrogen-bond donors (Lipinski definition) is 2. The second-order valence-electron chi connectivity index (χ2n) is 5.29. The van der Waals surface area contributed by atoms with Crippen molar-refractivity contribution in [2.45, 2.75) is 12.6 Å². The van der Waals surface area contributed by atoms with E-state index in [4.69, 9.17) is 5.11 Å². The van der Waals surface area contributed by atoms with Crippen LogP contribution < -0.4 is 0 Å². The van der Waals surface area contributed by atoms with Crippen molar-refractivity contribution in [2.24, 2.45) is 0 Å². The molecule has 3 aromatic rings. The van der Waals surface area contributed by atoms with Crippen molar-refractivity contribution < 1.29 is 23.1 Å². The summed E-state index contributed by atoms with van der Waals surface area (Å²) in [4.78, 5) is 14.0. The number of carbonyl (C=O) groups is 1. The normalized spacial score (nSPS) is 11.8. The number of halogens is 4. The van der Waals surface area contributed by atoms with E-state index in [1.807, 2.05) is 0 Å². The van der Waals surface area contributed by atoms with E-state index in [-0.39, 0.29) is 17.3 Å². The maximum atomic E-state index is 13.2. The van der Waals surface area contributed by atoms with Gasteiger partial charge in [0, 0.05) is 9.86 Å². The molecule has 2 N–H and O–H groups in total. The fourth-order valence-corrected chi connectivity index (χ4v) is 3.13. The van der Waals surface area contributed by atoms with Crippen LogP contribution in [0.2, 0.25) is 0 Å². The van der Waals surface area contributed by atoms with Gasteiger partial charge in [0.05, 0.1) is 23.2 Å². The highest BCUT2D eigenvalue weighted by atomic mass is 79.9. The summed E-state index contributed by atoms with van der Waals surface area (Å²) in [5.74, 6) is -1.11. The number of aromatic nitrogens is 1. The number of rotatable bonds is 3. The molecule has 0 saturated carbocycles. The van der Waals surface area contributed by atoms with Crippen molar-refractivity contribution in [3.8, 4) is 11.3 Å². The monoisotopic (exact) mass is 397 g/mol. The van der Waals surface area contributed by atoms with Crippen LogP contribution in [0.1, 0.15) is 11.1 Å². The average molecular weight is 398 g/mol. The van der Waals surface area contributed by atoms with Crippen LogP contribution in [0.15, 0.2) is 46.9 Å². The summed E-state index contributed by atoms with van der Waals surface area (Å²) in [6.45, 7) is 0. The topological polar surface area (TPSA) is 53.1 Å². The fraction of sp³-hybridized carbons (Fsp3) is 0.118. The molecule has 0 aliphatic rings. The van der Waals surface area contributed by atoms with E-state index >= 15 is 0 Å². The van der Waals surface area contributed by atoms with Crippen molar-refractivity contribution >= 4 is 32.8 Å². The maximum absolute atomic E-state index is 13.2. The van der Waals surface area contributed by atoms with Gasteiger partial charge in [0.1, 0.15) is 0 Å². The van der Waals surface area contributed by atoms with Gasteiger partial charge in [0.2, 0.25) is 0 Å². The second kappa shape index (κ2) is 5.98. The lowest BCUT2D eigenvalue weighted by Gasteiger charge is -2.07. The molecule has 0 fully saturated rings. The van der Waals surface area contributed by atoms with E-state index in [9.17, 15) is 18.0 Å². The number of H-pyrrole nitrogens is 1. The van der Waals surface area contributed by atoms with Crippen molar-refractivity contribution in [2.75, 3.05) is 0 Å². The highest BCUT2D eigenvalue weighted by Gasteiger charge is 2.34. The third-order valence-corrected chi connectivity index (χ3v) is 4.18. The molecule has 7 heteroatoms. The Balaban J connectivity index is 2.34. The number of alkyl halides is 3. The first-order valence-corrected chi connectivity index (χ1v) is 7.75. The number of benzene rings is 2. The quantitative estimate of drug-likeness (QED) is 0.634. The van der Waals surface area contributed by atoms with Crippen LogP contribution in [0.4, 0.5) is 13.2 Å². The van der Waals surface area contributed by atoms with Gasteiger partial charge in [-0.3, -0.25) is 4.79 Å². The highest BCUT2D eigenvalue weighted by Crippen LogP contribution is 2.39. The van der Waals surface area contributed by atoms with Crippen molar-refractivity contribution in [3.05, 3.63) is 58.1 Å². The average Bonchev–Trinajstić information content (AvgIpc) is 2.84. The smallest absolute Gasteiger partial charge is 0.418 e. The molecule has 1 heterocycles. The Kier molecular flexibility index (Phi) is 4.13. The first-order chi connectivity index (χ1) is 11.3. The van der Waals surface area contributed by atoms with Crippen LogP contribution >= 0.6 is 15.9 Å². The van der Waals surface area contributed by atoms with Gasteiger partial charge in [-0.25, -0.2) is 0 Å². The first-order valence-electron chi connectivity index (χ1n) is 6.96. The Labute approximate surface area is 143 Å². The SMILES string of the molecule is O=C(O)Cc1c(-c2cccc(Br)c2)[nH]c2c(C(F)(F)F)cccc12. The number of carboxylic acid groups (broad SMARTS) is 1. The van der Waals surface area contributed by atoms with Crippen LogP contribution in [-0.2, 0) is 17.4 Å². The third kappa shape index (κ3) is 3.03. The van der Waals surface area contributed by atoms with Crippen molar-refractivity contribution in [3.63, 3.8) is 0 Å². The fourth-order valence-electron chi connectivity index (χ4n) is 2.74. The van der Waals surface area contributed by atoms with Gasteiger partial charge < -0.3 is 10.1 Å². The van der Waals surface area contributed by atoms with Crippen LogP contribution in [0.5, 0.6) is 0 Å². The van der Waals surface area contributed by atoms with Crippen LogP contribution in [0.25, 0.3) is 22.2 Å². The molecule has 0 atom stereocenters. The Morgan fingerprint density at radius 1 is 1.17 bits per heavy atom. The van der Waals surface area contributed by atoms with Gasteiger partial charge in [0.25, 0.3) is 0 Å². The lowest BCUT2D eigenvalue weighted by atomic mass is 10.0. The number of carboxylic acids is 1. The lowest BCUT2D eigenvalue weighted by Crippen LogP contribution is -2.05. The first kappa shape index (κ1) is 16.6. The summed E-state index contributed by atoms with van der Waals surface area (Å²) in [6.07, 6.45) is -4.90. The highest BCUT2D eigenvalue weighted by molar-refractivity contribution is 9.10. The largest absolute Gasteiger partial charge is 0.481 e. The van der Waals surface area contributed by atoms with Gasteiger partial charge in [0.15, 0.2) is 0 Å². The molecule has 24 heavy (non-hydrogen) atoms. The number of aromatic amines is 1. The van der Waals surface area contributed by atoms with E-state index in [0.717, 1.165) is 10.5 Å². The number of para-hydroxylation sites is 1. The lowest BCUT2D eigenvalue weighted by molar-refractivity contribution is -0.137. The number of hydrogen-bond acceptors (Lipinski definition) is 1. The molecule has 1 aromatic heterocycles. The number of nitrogens with one attached hydrogen (secondary N) is 1. The Morgan fingerprint density at radius 2 is 1.88 bits per heavy atom. The molecule has 3 nitrogen and oxygen atoms in total. The van der Waals surface area contributed by atoms with Crippen LogP contribution in [0, 0.1) is 0 Å². The molecule has 0 saturated heterocycles. The summed E-state index contributed by atoms with van der Waals surface area (Å²) in [5.41, 5.74) is 0.418. The molecule has 0 aliphatic heterocycles. The zero-order chi connectivity index (χ0) is 17.5. The zero-order valence-corrected chi connectivity index (χ0v) is 13.7. The van der Waals surface area contributed by atoms with E-state index in [1.165, 1.54) is 12.1 Å². The van der Waals surface area contributed by atoms with Crippen molar-refractivity contribution in [1.82, 2.24) is 4.98 Å². The zero-order valence-electron chi connectivity index (χ0n) is 12.1. The number of fused-ring (bicyclic) bond motifs is 1. The van der Waals surface area contributed by atoms with Gasteiger partial charge in [-0.1, -0.05) is 40.2 Å². The summed E-state index contributed by atoms with van der Waals surface area (Å²) in [5, 5.41) is 9.42.